The van der Waals surface area contributed by atoms with Crippen molar-refractivity contribution in [1.29, 1.82) is 0 Å². The predicted molar refractivity (Wildman–Crippen MR) is 75.1 cm³/mol. The number of halogens is 2. The molecule has 1 heterocycles. The Balaban J connectivity index is 2.35. The fourth-order valence-corrected chi connectivity index (χ4v) is 2.50. The van der Waals surface area contributed by atoms with E-state index in [1.54, 1.807) is 0 Å². The van der Waals surface area contributed by atoms with E-state index in [2.05, 4.69) is 22.6 Å². The monoisotopic (exact) mass is 426 g/mol. The summed E-state index contributed by atoms with van der Waals surface area (Å²) in [5.74, 6) is -0.217. The molecule has 4 heteroatoms. The third-order valence-corrected chi connectivity index (χ3v) is 5.38. The summed E-state index contributed by atoms with van der Waals surface area (Å²) >= 11 is 4.20. The first kappa shape index (κ1) is 11.4. The van der Waals surface area contributed by atoms with Gasteiger partial charge in [-0.2, -0.15) is 0 Å². The number of cyclic esters (lactones) is 1. The van der Waals surface area contributed by atoms with Crippen LogP contribution in [0.5, 0.6) is 0 Å². The summed E-state index contributed by atoms with van der Waals surface area (Å²) in [5, 5.41) is 0. The van der Waals surface area contributed by atoms with E-state index in [1.165, 1.54) is 5.56 Å². The standard InChI is InChI=1S/C11H8I2O2/c1-6-2-4-7(5-3-6)10-8(12)9(13)11(14)15-10/h2-5,10H,1H3. The fraction of sp³-hybridized carbons (Fsp3) is 0.182. The zero-order valence-corrected chi connectivity index (χ0v) is 12.3. The number of ether oxygens (including phenoxy) is 1. The van der Waals surface area contributed by atoms with Gasteiger partial charge in [0, 0.05) is 0 Å². The molecule has 1 aliphatic rings. The summed E-state index contributed by atoms with van der Waals surface area (Å²) in [7, 11) is 0. The molecule has 2 nitrogen and oxygen atoms in total. The topological polar surface area (TPSA) is 26.3 Å². The van der Waals surface area contributed by atoms with E-state index >= 15 is 0 Å². The van der Waals surface area contributed by atoms with Gasteiger partial charge in [0.05, 0.1) is 3.58 Å². The van der Waals surface area contributed by atoms with Crippen LogP contribution < -0.4 is 0 Å². The fourth-order valence-electron chi connectivity index (χ4n) is 1.38. The Morgan fingerprint density at radius 2 is 1.80 bits per heavy atom. The highest BCUT2D eigenvalue weighted by molar-refractivity contribution is 14.1. The lowest BCUT2D eigenvalue weighted by molar-refractivity contribution is -0.139. The zero-order valence-electron chi connectivity index (χ0n) is 7.96. The van der Waals surface area contributed by atoms with Gasteiger partial charge in [-0.25, -0.2) is 4.79 Å². The first-order valence-corrected chi connectivity index (χ1v) is 6.58. The van der Waals surface area contributed by atoms with Crippen molar-refractivity contribution in [3.05, 3.63) is 42.6 Å². The van der Waals surface area contributed by atoms with Gasteiger partial charge in [-0.3, -0.25) is 0 Å². The lowest BCUT2D eigenvalue weighted by Crippen LogP contribution is -2.01. The van der Waals surface area contributed by atoms with E-state index in [1.807, 2.05) is 53.8 Å². The van der Waals surface area contributed by atoms with Gasteiger partial charge in [0.1, 0.15) is 3.58 Å². The molecule has 1 aromatic carbocycles. The molecule has 0 spiro atoms. The Hall–Kier alpha value is -0.110. The summed E-state index contributed by atoms with van der Waals surface area (Å²) in [5.41, 5.74) is 2.24. The van der Waals surface area contributed by atoms with Crippen molar-refractivity contribution >= 4 is 51.2 Å². The number of carbonyl (C=O) groups is 1. The van der Waals surface area contributed by atoms with E-state index in [9.17, 15) is 4.79 Å². The van der Waals surface area contributed by atoms with Crippen LogP contribution in [0, 0.1) is 6.92 Å². The molecule has 78 valence electrons. The van der Waals surface area contributed by atoms with Crippen molar-refractivity contribution in [2.45, 2.75) is 13.0 Å². The molecule has 0 radical (unpaired) electrons. The summed E-state index contributed by atoms with van der Waals surface area (Å²) in [6, 6.07) is 8.05. The largest absolute Gasteiger partial charge is 0.448 e. The summed E-state index contributed by atoms with van der Waals surface area (Å²) in [6.07, 6.45) is -0.203. The number of rotatable bonds is 1. The molecule has 0 saturated carbocycles. The smallest absolute Gasteiger partial charge is 0.346 e. The molecule has 1 atom stereocenters. The number of aryl methyl sites for hydroxylation is 1. The average molecular weight is 426 g/mol. The second kappa shape index (κ2) is 4.40. The average Bonchev–Trinajstić information content (AvgIpc) is 2.47. The molecule has 2 rings (SSSR count). The molecule has 0 aromatic heterocycles. The molecule has 0 bridgehead atoms. The van der Waals surface area contributed by atoms with E-state index in [0.717, 1.165) is 9.14 Å². The highest BCUT2D eigenvalue weighted by Gasteiger charge is 2.31. The first-order valence-electron chi connectivity index (χ1n) is 4.42. The van der Waals surface area contributed by atoms with Crippen LogP contribution in [-0.2, 0) is 9.53 Å². The van der Waals surface area contributed by atoms with Crippen molar-refractivity contribution in [2.75, 3.05) is 0 Å². The summed E-state index contributed by atoms with van der Waals surface area (Å²) < 4.78 is 6.95. The van der Waals surface area contributed by atoms with Crippen LogP contribution in [0.1, 0.15) is 17.2 Å². The van der Waals surface area contributed by atoms with Crippen LogP contribution in [0.25, 0.3) is 0 Å². The summed E-state index contributed by atoms with van der Waals surface area (Å²) in [6.45, 7) is 2.04. The van der Waals surface area contributed by atoms with Crippen LogP contribution in [0.3, 0.4) is 0 Å². The summed E-state index contributed by atoms with van der Waals surface area (Å²) in [4.78, 5) is 11.3. The van der Waals surface area contributed by atoms with Crippen molar-refractivity contribution in [1.82, 2.24) is 0 Å². The molecule has 0 N–H and O–H groups in total. The van der Waals surface area contributed by atoms with Crippen molar-refractivity contribution in [3.8, 4) is 0 Å². The maximum Gasteiger partial charge on any atom is 0.346 e. The predicted octanol–water partition coefficient (Wildman–Crippen LogP) is 3.67. The van der Waals surface area contributed by atoms with Gasteiger partial charge >= 0.3 is 5.97 Å². The van der Waals surface area contributed by atoms with Gasteiger partial charge in [0.2, 0.25) is 0 Å². The molecule has 0 fully saturated rings. The highest BCUT2D eigenvalue weighted by atomic mass is 127. The number of hydrogen-bond donors (Lipinski definition) is 0. The Bertz CT molecular complexity index is 434. The van der Waals surface area contributed by atoms with Gasteiger partial charge in [-0.1, -0.05) is 29.8 Å². The third kappa shape index (κ3) is 2.20. The number of esters is 1. The SMILES string of the molecule is Cc1ccc(C2OC(=O)C(I)=C2I)cc1. The highest BCUT2D eigenvalue weighted by Crippen LogP contribution is 2.41. The Labute approximate surface area is 115 Å². The van der Waals surface area contributed by atoms with Crippen LogP contribution in [0.2, 0.25) is 0 Å². The van der Waals surface area contributed by atoms with Gasteiger partial charge in [-0.15, -0.1) is 0 Å². The van der Waals surface area contributed by atoms with Gasteiger partial charge < -0.3 is 4.74 Å². The third-order valence-electron chi connectivity index (χ3n) is 2.22. The second-order valence-electron chi connectivity index (χ2n) is 3.36. The van der Waals surface area contributed by atoms with E-state index in [-0.39, 0.29) is 12.1 Å². The lowest BCUT2D eigenvalue weighted by atomic mass is 10.1. The lowest BCUT2D eigenvalue weighted by Gasteiger charge is -2.10. The maximum atomic E-state index is 11.3. The Morgan fingerprint density at radius 1 is 1.20 bits per heavy atom. The van der Waals surface area contributed by atoms with E-state index in [4.69, 9.17) is 4.74 Å². The molecular formula is C11H8I2O2. The number of benzene rings is 1. The van der Waals surface area contributed by atoms with Crippen LogP contribution in [0.15, 0.2) is 31.4 Å². The molecule has 0 saturated heterocycles. The van der Waals surface area contributed by atoms with E-state index in [0.29, 0.717) is 3.58 Å². The van der Waals surface area contributed by atoms with Gasteiger partial charge in [-0.05, 0) is 57.7 Å². The normalized spacial score (nSPS) is 20.7. The molecule has 1 aromatic rings. The molecule has 0 aliphatic carbocycles. The maximum absolute atomic E-state index is 11.3. The molecule has 15 heavy (non-hydrogen) atoms. The van der Waals surface area contributed by atoms with Crippen molar-refractivity contribution < 1.29 is 9.53 Å². The van der Waals surface area contributed by atoms with Crippen molar-refractivity contribution in [2.24, 2.45) is 0 Å². The molecule has 1 unspecified atom stereocenters. The van der Waals surface area contributed by atoms with Crippen LogP contribution in [0.4, 0.5) is 0 Å². The molecular weight excluding hydrogens is 418 g/mol. The van der Waals surface area contributed by atoms with Crippen LogP contribution in [-0.4, -0.2) is 5.97 Å². The Morgan fingerprint density at radius 3 is 2.27 bits per heavy atom. The minimum Gasteiger partial charge on any atom is -0.448 e. The first-order chi connectivity index (χ1) is 7.09. The van der Waals surface area contributed by atoms with Crippen molar-refractivity contribution in [3.63, 3.8) is 0 Å². The van der Waals surface area contributed by atoms with Gasteiger partial charge in [0.15, 0.2) is 6.10 Å². The molecule has 0 amide bonds. The van der Waals surface area contributed by atoms with Gasteiger partial charge in [0.25, 0.3) is 0 Å². The number of carbonyl (C=O) groups excluding carboxylic acids is 1. The van der Waals surface area contributed by atoms with E-state index < -0.39 is 0 Å². The Kier molecular flexibility index (Phi) is 3.34. The minimum absolute atomic E-state index is 0.203. The minimum atomic E-state index is -0.217. The second-order valence-corrected chi connectivity index (χ2v) is 5.60. The van der Waals surface area contributed by atoms with Crippen LogP contribution >= 0.6 is 45.2 Å². The zero-order chi connectivity index (χ0) is 11.0. The number of hydrogen-bond acceptors (Lipinski definition) is 2. The quantitative estimate of drug-likeness (QED) is 0.507. The molecule has 1 aliphatic heterocycles.